The molecule has 0 saturated heterocycles. The predicted octanol–water partition coefficient (Wildman–Crippen LogP) is -0.555. The predicted molar refractivity (Wildman–Crippen MR) is 60.4 cm³/mol. The zero-order valence-electron chi connectivity index (χ0n) is 9.98. The molecule has 3 N–H and O–H groups in total. The molecule has 0 aliphatic carbocycles. The normalized spacial score (nSPS) is 10.6. The standard InChI is InChI=1S/3C3H5O3.Sb/c3*4-2-1-3(5)6;/h3*1-2H2,(H,5,6);/q3*-1;+3. The second-order valence-electron chi connectivity index (χ2n) is 3.15. The van der Waals surface area contributed by atoms with Crippen LogP contribution < -0.4 is 0 Å². The minimum atomic E-state index is -3.16. The van der Waals surface area contributed by atoms with E-state index in [1.165, 1.54) is 0 Å². The molecule has 0 heterocycles. The van der Waals surface area contributed by atoms with E-state index < -0.39 is 39.4 Å². The van der Waals surface area contributed by atoms with Crippen LogP contribution in [0.15, 0.2) is 0 Å². The van der Waals surface area contributed by atoms with Crippen LogP contribution in [0.3, 0.4) is 0 Å². The average Bonchev–Trinajstić information content (AvgIpc) is 2.26. The van der Waals surface area contributed by atoms with E-state index in [1.54, 1.807) is 0 Å². The molecule has 110 valence electrons. The van der Waals surface area contributed by atoms with Crippen LogP contribution in [0.2, 0.25) is 0 Å². The van der Waals surface area contributed by atoms with Crippen molar-refractivity contribution in [3.8, 4) is 0 Å². The van der Waals surface area contributed by atoms with Crippen molar-refractivity contribution in [1.29, 1.82) is 0 Å². The van der Waals surface area contributed by atoms with E-state index in [-0.39, 0.29) is 39.1 Å². The SMILES string of the molecule is O=C(O)CC[O][Sb]([O]CCC(=O)O)[O]CCC(=O)O. The molecular formula is C9H15O9Sb. The van der Waals surface area contributed by atoms with Gasteiger partial charge in [0.25, 0.3) is 0 Å². The monoisotopic (exact) mass is 388 g/mol. The summed E-state index contributed by atoms with van der Waals surface area (Å²) < 4.78 is 15.3. The first kappa shape index (κ1) is 18.1. The summed E-state index contributed by atoms with van der Waals surface area (Å²) in [4.78, 5) is 30.9. The number of rotatable bonds is 12. The Bertz CT molecular complexity index is 259. The summed E-state index contributed by atoms with van der Waals surface area (Å²) in [7, 11) is 0. The van der Waals surface area contributed by atoms with Gasteiger partial charge in [0.1, 0.15) is 0 Å². The molecule has 9 nitrogen and oxygen atoms in total. The van der Waals surface area contributed by atoms with Crippen LogP contribution in [-0.2, 0) is 23.4 Å². The maximum absolute atomic E-state index is 10.3. The third-order valence-electron chi connectivity index (χ3n) is 1.54. The summed E-state index contributed by atoms with van der Waals surface area (Å²) in [6.07, 6.45) is -0.693. The van der Waals surface area contributed by atoms with Gasteiger partial charge in [-0.1, -0.05) is 0 Å². The second-order valence-corrected chi connectivity index (χ2v) is 6.64. The number of carboxylic acid groups (broad SMARTS) is 3. The maximum atomic E-state index is 10.3. The van der Waals surface area contributed by atoms with Crippen LogP contribution >= 0.6 is 0 Å². The first-order valence-electron chi connectivity index (χ1n) is 5.26. The van der Waals surface area contributed by atoms with Crippen molar-refractivity contribution in [2.24, 2.45) is 0 Å². The summed E-state index contributed by atoms with van der Waals surface area (Å²) in [6.45, 7) is -0.338. The first-order chi connectivity index (χ1) is 8.91. The van der Waals surface area contributed by atoms with Crippen molar-refractivity contribution in [2.45, 2.75) is 19.3 Å². The molecule has 0 aromatic carbocycles. The molecule has 0 aliphatic heterocycles. The fourth-order valence-electron chi connectivity index (χ4n) is 0.734. The molecule has 0 fully saturated rings. The van der Waals surface area contributed by atoms with Gasteiger partial charge < -0.3 is 0 Å². The molecule has 0 saturated carbocycles. The van der Waals surface area contributed by atoms with Gasteiger partial charge in [0, 0.05) is 0 Å². The van der Waals surface area contributed by atoms with E-state index in [1.807, 2.05) is 0 Å². The van der Waals surface area contributed by atoms with Gasteiger partial charge in [0.2, 0.25) is 0 Å². The van der Waals surface area contributed by atoms with Crippen LogP contribution in [0.25, 0.3) is 0 Å². The Morgan fingerprint density at radius 1 is 0.684 bits per heavy atom. The second kappa shape index (κ2) is 11.0. The van der Waals surface area contributed by atoms with Crippen LogP contribution in [0, 0.1) is 0 Å². The summed E-state index contributed by atoms with van der Waals surface area (Å²) >= 11 is -3.16. The molecule has 0 rings (SSSR count). The van der Waals surface area contributed by atoms with Crippen molar-refractivity contribution < 1.29 is 38.7 Å². The van der Waals surface area contributed by atoms with Crippen LogP contribution in [-0.4, -0.2) is 74.5 Å². The Hall–Kier alpha value is -0.892. The van der Waals surface area contributed by atoms with Crippen molar-refractivity contribution in [3.05, 3.63) is 0 Å². The average molecular weight is 389 g/mol. The fraction of sp³-hybridized carbons (Fsp3) is 0.667. The topological polar surface area (TPSA) is 140 Å². The van der Waals surface area contributed by atoms with E-state index in [2.05, 4.69) is 0 Å². The molecule has 10 heteroatoms. The van der Waals surface area contributed by atoms with Crippen molar-refractivity contribution in [3.63, 3.8) is 0 Å². The quantitative estimate of drug-likeness (QED) is 0.375. The Morgan fingerprint density at radius 3 is 1.16 bits per heavy atom. The summed E-state index contributed by atoms with van der Waals surface area (Å²) in [5.74, 6) is -3.13. The van der Waals surface area contributed by atoms with Gasteiger partial charge in [-0.15, -0.1) is 0 Å². The molecule has 0 amide bonds. The summed E-state index contributed by atoms with van der Waals surface area (Å²) in [6, 6.07) is 0. The number of carboxylic acids is 3. The Balaban J connectivity index is 3.94. The van der Waals surface area contributed by atoms with Crippen molar-refractivity contribution in [2.75, 3.05) is 19.8 Å². The van der Waals surface area contributed by atoms with E-state index in [4.69, 9.17) is 24.4 Å². The fourth-order valence-corrected chi connectivity index (χ4v) is 3.43. The third-order valence-corrected chi connectivity index (χ3v) is 4.91. The van der Waals surface area contributed by atoms with E-state index >= 15 is 0 Å². The van der Waals surface area contributed by atoms with Gasteiger partial charge in [0.15, 0.2) is 0 Å². The van der Waals surface area contributed by atoms with Gasteiger partial charge in [-0.3, -0.25) is 0 Å². The third kappa shape index (κ3) is 13.3. The van der Waals surface area contributed by atoms with E-state index in [0.717, 1.165) is 0 Å². The van der Waals surface area contributed by atoms with Gasteiger partial charge in [-0.2, -0.15) is 0 Å². The molecular weight excluding hydrogens is 374 g/mol. The number of carbonyl (C=O) groups is 3. The minimum absolute atomic E-state index is 0.113. The zero-order valence-corrected chi connectivity index (χ0v) is 12.5. The summed E-state index contributed by atoms with van der Waals surface area (Å²) in [5.41, 5.74) is 0. The van der Waals surface area contributed by atoms with Crippen LogP contribution in [0.1, 0.15) is 19.3 Å². The Labute approximate surface area is 117 Å². The van der Waals surface area contributed by atoms with Gasteiger partial charge in [-0.05, 0) is 0 Å². The molecule has 0 aliphatic rings. The molecule has 0 spiro atoms. The number of aliphatic carboxylic acids is 3. The Kier molecular flexibility index (Phi) is 10.5. The first-order valence-corrected chi connectivity index (χ1v) is 8.38. The van der Waals surface area contributed by atoms with Crippen LogP contribution in [0.5, 0.6) is 0 Å². The number of hydrogen-bond donors (Lipinski definition) is 3. The molecule has 0 atom stereocenters. The molecule has 0 bridgehead atoms. The zero-order chi connectivity index (χ0) is 14.7. The van der Waals surface area contributed by atoms with Crippen molar-refractivity contribution in [1.82, 2.24) is 0 Å². The van der Waals surface area contributed by atoms with Gasteiger partial charge in [-0.25, -0.2) is 0 Å². The molecule has 0 aromatic heterocycles. The van der Waals surface area contributed by atoms with Gasteiger partial charge >= 0.3 is 117 Å². The molecule has 0 radical (unpaired) electrons. The van der Waals surface area contributed by atoms with E-state index in [0.29, 0.717) is 0 Å². The van der Waals surface area contributed by atoms with Gasteiger partial charge in [0.05, 0.1) is 0 Å². The van der Waals surface area contributed by atoms with Crippen molar-refractivity contribution >= 4 is 39.4 Å². The molecule has 0 aromatic rings. The summed E-state index contributed by atoms with van der Waals surface area (Å²) in [5, 5.41) is 25.3. The van der Waals surface area contributed by atoms with Crippen LogP contribution in [0.4, 0.5) is 0 Å². The molecule has 0 unspecified atom stereocenters. The Morgan fingerprint density at radius 2 is 0.947 bits per heavy atom. The number of hydrogen-bond acceptors (Lipinski definition) is 6. The van der Waals surface area contributed by atoms with E-state index in [9.17, 15) is 14.4 Å². The molecule has 19 heavy (non-hydrogen) atoms.